The number of nitrogens with zero attached hydrogens (tertiary/aromatic N) is 2. The summed E-state index contributed by atoms with van der Waals surface area (Å²) in [6.45, 7) is 3.82. The van der Waals surface area contributed by atoms with E-state index in [4.69, 9.17) is 33.7 Å². The third-order valence-corrected chi connectivity index (χ3v) is 5.01. The molecule has 0 unspecified atom stereocenters. The standard InChI is InChI=1S/C12H16Cl2FN3O2/c1-3-12(5-13)6(2)8(14)10(20-12)18-4-7(15)9(16)17-11(18)19/h4,6,8,10H,3,5H2,1-2H3,(H2,16,17,19)/t6-,8-,10+,12-/m0/s1. The fraction of sp³-hybridized carbons (Fsp3) is 0.667. The summed E-state index contributed by atoms with van der Waals surface area (Å²) in [6, 6.07) is 0. The molecule has 5 nitrogen and oxygen atoms in total. The molecule has 112 valence electrons. The zero-order chi connectivity index (χ0) is 15.1. The molecular weight excluding hydrogens is 308 g/mol. The fourth-order valence-corrected chi connectivity index (χ4v) is 3.35. The Bertz CT molecular complexity index is 562. The molecule has 0 spiro atoms. The van der Waals surface area contributed by atoms with Gasteiger partial charge in [-0.15, -0.1) is 23.2 Å². The molecule has 0 amide bonds. The number of halogens is 3. The molecule has 0 aromatic carbocycles. The van der Waals surface area contributed by atoms with Crippen molar-refractivity contribution in [3.8, 4) is 0 Å². The molecular formula is C12H16Cl2FN3O2. The van der Waals surface area contributed by atoms with Crippen LogP contribution in [0, 0.1) is 11.7 Å². The second-order valence-electron chi connectivity index (χ2n) is 4.96. The smallest absolute Gasteiger partial charge is 0.351 e. The minimum atomic E-state index is -0.819. The van der Waals surface area contributed by atoms with E-state index in [1.165, 1.54) is 0 Å². The van der Waals surface area contributed by atoms with Gasteiger partial charge >= 0.3 is 5.69 Å². The Balaban J connectivity index is 2.45. The van der Waals surface area contributed by atoms with Crippen LogP contribution < -0.4 is 11.4 Å². The lowest BCUT2D eigenvalue weighted by Crippen LogP contribution is -2.37. The quantitative estimate of drug-likeness (QED) is 0.865. The highest BCUT2D eigenvalue weighted by molar-refractivity contribution is 6.22. The van der Waals surface area contributed by atoms with E-state index in [-0.39, 0.29) is 11.8 Å². The predicted octanol–water partition coefficient (Wildman–Crippen LogP) is 2.12. The van der Waals surface area contributed by atoms with Crippen molar-refractivity contribution in [3.05, 3.63) is 22.5 Å². The molecule has 8 heteroatoms. The van der Waals surface area contributed by atoms with Gasteiger partial charge in [0.1, 0.15) is 0 Å². The van der Waals surface area contributed by atoms with Crippen molar-refractivity contribution in [2.24, 2.45) is 5.92 Å². The topological polar surface area (TPSA) is 70.1 Å². The van der Waals surface area contributed by atoms with Crippen molar-refractivity contribution in [2.75, 3.05) is 11.6 Å². The molecule has 0 bridgehead atoms. The Morgan fingerprint density at radius 3 is 2.80 bits per heavy atom. The van der Waals surface area contributed by atoms with E-state index in [0.717, 1.165) is 10.8 Å². The van der Waals surface area contributed by atoms with E-state index in [2.05, 4.69) is 4.98 Å². The predicted molar refractivity (Wildman–Crippen MR) is 75.5 cm³/mol. The monoisotopic (exact) mass is 323 g/mol. The molecule has 2 N–H and O–H groups in total. The first kappa shape index (κ1) is 15.5. The van der Waals surface area contributed by atoms with E-state index in [9.17, 15) is 9.18 Å². The molecule has 2 rings (SSSR count). The maximum Gasteiger partial charge on any atom is 0.351 e. The average Bonchev–Trinajstić information content (AvgIpc) is 2.68. The van der Waals surface area contributed by atoms with Crippen LogP contribution in [0.25, 0.3) is 0 Å². The van der Waals surface area contributed by atoms with Gasteiger partial charge in [0, 0.05) is 5.92 Å². The van der Waals surface area contributed by atoms with E-state index in [0.29, 0.717) is 6.42 Å². The Kier molecular flexibility index (Phi) is 4.27. The van der Waals surface area contributed by atoms with Crippen molar-refractivity contribution in [3.63, 3.8) is 0 Å². The molecule has 1 aromatic rings. The van der Waals surface area contributed by atoms with Gasteiger partial charge in [-0.25, -0.2) is 9.18 Å². The third kappa shape index (κ3) is 2.29. The second kappa shape index (κ2) is 5.50. The average molecular weight is 324 g/mol. The summed E-state index contributed by atoms with van der Waals surface area (Å²) >= 11 is 12.3. The highest BCUT2D eigenvalue weighted by Crippen LogP contribution is 2.46. The second-order valence-corrected chi connectivity index (χ2v) is 5.73. The third-order valence-electron chi connectivity index (χ3n) is 3.97. The van der Waals surface area contributed by atoms with Crippen LogP contribution in [-0.4, -0.2) is 26.4 Å². The van der Waals surface area contributed by atoms with Crippen molar-refractivity contribution >= 4 is 29.0 Å². The van der Waals surface area contributed by atoms with Crippen LogP contribution in [0.3, 0.4) is 0 Å². The van der Waals surface area contributed by atoms with E-state index in [1.54, 1.807) is 0 Å². The lowest BCUT2D eigenvalue weighted by atomic mass is 9.88. The maximum absolute atomic E-state index is 13.5. The number of hydrogen-bond donors (Lipinski definition) is 1. The lowest BCUT2D eigenvalue weighted by molar-refractivity contribution is -0.0725. The first-order valence-corrected chi connectivity index (χ1v) is 7.25. The van der Waals surface area contributed by atoms with Crippen LogP contribution in [0.15, 0.2) is 11.0 Å². The van der Waals surface area contributed by atoms with Gasteiger partial charge in [0.25, 0.3) is 0 Å². The Hall–Kier alpha value is -0.850. The summed E-state index contributed by atoms with van der Waals surface area (Å²) in [4.78, 5) is 15.3. The van der Waals surface area contributed by atoms with Gasteiger partial charge in [0.05, 0.1) is 23.1 Å². The van der Waals surface area contributed by atoms with Crippen LogP contribution in [0.2, 0.25) is 0 Å². The number of nitrogens with two attached hydrogens (primary N) is 1. The molecule has 0 saturated carbocycles. The van der Waals surface area contributed by atoms with E-state index >= 15 is 0 Å². The number of hydrogen-bond acceptors (Lipinski definition) is 4. The van der Waals surface area contributed by atoms with Gasteiger partial charge in [0.15, 0.2) is 17.9 Å². The minimum Gasteiger partial charge on any atom is -0.381 e. The molecule has 4 atom stereocenters. The molecule has 0 radical (unpaired) electrons. The highest BCUT2D eigenvalue weighted by Gasteiger charge is 2.51. The molecule has 2 heterocycles. The van der Waals surface area contributed by atoms with Gasteiger partial charge in [0.2, 0.25) is 0 Å². The number of alkyl halides is 2. The Morgan fingerprint density at radius 1 is 1.65 bits per heavy atom. The number of aromatic nitrogens is 2. The lowest BCUT2D eigenvalue weighted by Gasteiger charge is -2.29. The first-order valence-electron chi connectivity index (χ1n) is 6.28. The van der Waals surface area contributed by atoms with Gasteiger partial charge in [-0.05, 0) is 6.42 Å². The molecule has 0 aliphatic carbocycles. The summed E-state index contributed by atoms with van der Waals surface area (Å²) in [5.74, 6) is -1.08. The summed E-state index contributed by atoms with van der Waals surface area (Å²) in [7, 11) is 0. The van der Waals surface area contributed by atoms with E-state index < -0.39 is 34.5 Å². The van der Waals surface area contributed by atoms with Crippen LogP contribution in [0.1, 0.15) is 26.5 Å². The number of anilines is 1. The molecule has 1 fully saturated rings. The number of nitrogen functional groups attached to an aromatic ring is 1. The molecule has 1 saturated heterocycles. The fourth-order valence-electron chi connectivity index (χ4n) is 2.45. The van der Waals surface area contributed by atoms with Gasteiger partial charge in [-0.3, -0.25) is 4.57 Å². The number of rotatable bonds is 3. The normalized spacial score (nSPS) is 33.5. The minimum absolute atomic E-state index is 0.0934. The molecule has 1 aliphatic heterocycles. The summed E-state index contributed by atoms with van der Waals surface area (Å²) < 4.78 is 20.4. The SMILES string of the molecule is CC[C@@]1(CCl)O[C@@H](n2cc(F)c(N)nc2=O)[C@@H](Cl)[C@@H]1C. The van der Waals surface area contributed by atoms with Crippen LogP contribution in [0.4, 0.5) is 10.2 Å². The van der Waals surface area contributed by atoms with Crippen molar-refractivity contribution in [2.45, 2.75) is 37.5 Å². The molecule has 1 aromatic heterocycles. The summed E-state index contributed by atoms with van der Waals surface area (Å²) in [5, 5.41) is -0.517. The van der Waals surface area contributed by atoms with Gasteiger partial charge in [-0.1, -0.05) is 13.8 Å². The number of ether oxygens (including phenoxy) is 1. The first-order chi connectivity index (χ1) is 9.36. The van der Waals surface area contributed by atoms with Crippen LogP contribution in [-0.2, 0) is 4.74 Å². The Morgan fingerprint density at radius 2 is 2.30 bits per heavy atom. The summed E-state index contributed by atoms with van der Waals surface area (Å²) in [5.41, 5.74) is 3.92. The van der Waals surface area contributed by atoms with Crippen molar-refractivity contribution < 1.29 is 9.13 Å². The molecule has 1 aliphatic rings. The van der Waals surface area contributed by atoms with Crippen LogP contribution in [0.5, 0.6) is 0 Å². The highest BCUT2D eigenvalue weighted by atomic mass is 35.5. The van der Waals surface area contributed by atoms with Gasteiger partial charge < -0.3 is 10.5 Å². The van der Waals surface area contributed by atoms with Crippen molar-refractivity contribution in [1.82, 2.24) is 9.55 Å². The van der Waals surface area contributed by atoms with Crippen LogP contribution >= 0.6 is 23.2 Å². The summed E-state index contributed by atoms with van der Waals surface area (Å²) in [6.07, 6.45) is 0.787. The zero-order valence-electron chi connectivity index (χ0n) is 11.1. The van der Waals surface area contributed by atoms with Crippen molar-refractivity contribution in [1.29, 1.82) is 0 Å². The maximum atomic E-state index is 13.5. The Labute approximate surface area is 125 Å². The van der Waals surface area contributed by atoms with E-state index in [1.807, 2.05) is 13.8 Å². The van der Waals surface area contributed by atoms with Gasteiger partial charge in [-0.2, -0.15) is 4.98 Å². The zero-order valence-corrected chi connectivity index (χ0v) is 12.7. The largest absolute Gasteiger partial charge is 0.381 e. The molecule has 20 heavy (non-hydrogen) atoms.